The SMILES string of the molecule is c1ccc(-c2cc(-c3cccc4oc5ccccc5c34)cc(-[n+]3cnc(-c4cccc5oc6ccc(-c7ccc(C(c8ccccc8)(c8ccccc8)c8ccccc8)cc7)cc6c45)nc3)c2)cc1. The van der Waals surface area contributed by atoms with Crippen LogP contribution in [0, 0.1) is 0 Å². The van der Waals surface area contributed by atoms with Crippen LogP contribution in [-0.4, -0.2) is 9.97 Å². The van der Waals surface area contributed by atoms with E-state index >= 15 is 0 Å². The minimum absolute atomic E-state index is 0.521. The Kier molecular flexibility index (Phi) is 9.65. The highest BCUT2D eigenvalue weighted by Gasteiger charge is 2.38. The lowest BCUT2D eigenvalue weighted by molar-refractivity contribution is -0.602. The first-order valence-corrected chi connectivity index (χ1v) is 23.3. The van der Waals surface area contributed by atoms with E-state index in [-0.39, 0.29) is 0 Å². The monoisotopic (exact) mass is 884 g/mol. The van der Waals surface area contributed by atoms with Gasteiger partial charge in [0.2, 0.25) is 12.7 Å². The van der Waals surface area contributed by atoms with E-state index in [0.717, 1.165) is 88.5 Å². The summed E-state index contributed by atoms with van der Waals surface area (Å²) in [4.78, 5) is 10.1. The molecule has 13 rings (SSSR count). The molecule has 0 aliphatic rings. The van der Waals surface area contributed by atoms with Gasteiger partial charge in [0.15, 0.2) is 0 Å². The first kappa shape index (κ1) is 40.1. The molecule has 0 atom stereocenters. The summed E-state index contributed by atoms with van der Waals surface area (Å²) in [5.74, 6) is 0.613. The number of para-hydroxylation sites is 1. The van der Waals surface area contributed by atoms with Gasteiger partial charge in [0, 0.05) is 21.5 Å². The zero-order valence-electron chi connectivity index (χ0n) is 37.4. The van der Waals surface area contributed by atoms with E-state index in [4.69, 9.17) is 18.8 Å². The Morgan fingerprint density at radius 1 is 0.319 bits per heavy atom. The number of benzene rings is 10. The van der Waals surface area contributed by atoms with Gasteiger partial charge in [0.05, 0.1) is 11.0 Å². The van der Waals surface area contributed by atoms with Crippen molar-refractivity contribution in [3.05, 3.63) is 278 Å². The molecule has 69 heavy (non-hydrogen) atoms. The van der Waals surface area contributed by atoms with E-state index in [1.807, 2.05) is 53.6 Å². The van der Waals surface area contributed by atoms with Crippen LogP contribution < -0.4 is 4.57 Å². The molecule has 13 aromatic rings. The summed E-state index contributed by atoms with van der Waals surface area (Å²) >= 11 is 0. The summed E-state index contributed by atoms with van der Waals surface area (Å²) in [7, 11) is 0. The first-order valence-electron chi connectivity index (χ1n) is 23.3. The lowest BCUT2D eigenvalue weighted by Crippen LogP contribution is -2.31. The molecule has 5 nitrogen and oxygen atoms in total. The summed E-state index contributed by atoms with van der Waals surface area (Å²) in [5, 5.41) is 4.18. The van der Waals surface area contributed by atoms with Crippen molar-refractivity contribution in [3.63, 3.8) is 0 Å². The third kappa shape index (κ3) is 6.82. The number of aromatic nitrogens is 3. The second kappa shape index (κ2) is 16.6. The number of hydrogen-bond acceptors (Lipinski definition) is 4. The molecule has 3 heterocycles. The molecule has 0 spiro atoms. The number of rotatable bonds is 9. The van der Waals surface area contributed by atoms with Gasteiger partial charge in [-0.3, -0.25) is 0 Å². The van der Waals surface area contributed by atoms with E-state index in [1.165, 1.54) is 22.3 Å². The highest BCUT2D eigenvalue weighted by Crippen LogP contribution is 2.46. The minimum Gasteiger partial charge on any atom is -0.456 e. The van der Waals surface area contributed by atoms with Crippen LogP contribution in [0.1, 0.15) is 22.3 Å². The van der Waals surface area contributed by atoms with E-state index < -0.39 is 5.41 Å². The van der Waals surface area contributed by atoms with Crippen molar-refractivity contribution in [1.29, 1.82) is 0 Å². The number of fused-ring (bicyclic) bond motifs is 6. The summed E-state index contributed by atoms with van der Waals surface area (Å²) in [6, 6.07) is 85.8. The first-order chi connectivity index (χ1) is 34.2. The fourth-order valence-electron chi connectivity index (χ4n) is 10.5. The Hall–Kier alpha value is -9.19. The Balaban J connectivity index is 0.887. The molecule has 0 N–H and O–H groups in total. The molecular formula is C64H42N3O2+. The molecule has 5 heteroatoms. The molecule has 0 fully saturated rings. The lowest BCUT2D eigenvalue weighted by atomic mass is 9.65. The predicted octanol–water partition coefficient (Wildman–Crippen LogP) is 15.6. The second-order valence-electron chi connectivity index (χ2n) is 17.5. The highest BCUT2D eigenvalue weighted by atomic mass is 16.3. The Morgan fingerprint density at radius 3 is 1.43 bits per heavy atom. The minimum atomic E-state index is -0.521. The van der Waals surface area contributed by atoms with Gasteiger partial charge in [-0.15, -0.1) is 0 Å². The summed E-state index contributed by atoms with van der Waals surface area (Å²) in [5.41, 5.74) is 16.1. The normalized spacial score (nSPS) is 11.8. The highest BCUT2D eigenvalue weighted by molar-refractivity contribution is 6.13. The fourth-order valence-corrected chi connectivity index (χ4v) is 10.5. The van der Waals surface area contributed by atoms with Gasteiger partial charge in [0.1, 0.15) is 28.0 Å². The van der Waals surface area contributed by atoms with Crippen molar-refractivity contribution in [2.75, 3.05) is 0 Å². The van der Waals surface area contributed by atoms with Gasteiger partial charge in [-0.2, -0.15) is 0 Å². The van der Waals surface area contributed by atoms with Crippen LogP contribution in [-0.2, 0) is 5.41 Å². The van der Waals surface area contributed by atoms with Gasteiger partial charge in [0.25, 0.3) is 0 Å². The number of nitrogens with zero attached hydrogens (tertiary/aromatic N) is 3. The zero-order chi connectivity index (χ0) is 45.7. The molecule has 0 radical (unpaired) electrons. The van der Waals surface area contributed by atoms with Crippen LogP contribution in [0.25, 0.3) is 94.3 Å². The molecule has 0 aliphatic carbocycles. The summed E-state index contributed by atoms with van der Waals surface area (Å²) in [6.45, 7) is 0. The lowest BCUT2D eigenvalue weighted by Gasteiger charge is -2.37. The predicted molar refractivity (Wildman–Crippen MR) is 278 cm³/mol. The van der Waals surface area contributed by atoms with Gasteiger partial charge in [-0.05, 0) is 110 Å². The van der Waals surface area contributed by atoms with Crippen LogP contribution in [0.5, 0.6) is 0 Å². The maximum atomic E-state index is 6.50. The van der Waals surface area contributed by atoms with Gasteiger partial charge in [-0.25, -0.2) is 4.57 Å². The average molecular weight is 885 g/mol. The molecule has 0 aliphatic heterocycles. The van der Waals surface area contributed by atoms with Crippen molar-refractivity contribution in [3.8, 4) is 50.5 Å². The second-order valence-corrected chi connectivity index (χ2v) is 17.5. The van der Waals surface area contributed by atoms with E-state index in [9.17, 15) is 0 Å². The Labute approximate surface area is 398 Å². The van der Waals surface area contributed by atoms with Crippen LogP contribution in [0.3, 0.4) is 0 Å². The van der Waals surface area contributed by atoms with Crippen LogP contribution in [0.2, 0.25) is 0 Å². The van der Waals surface area contributed by atoms with Crippen LogP contribution in [0.15, 0.2) is 264 Å². The van der Waals surface area contributed by atoms with E-state index in [0.29, 0.717) is 5.82 Å². The maximum absolute atomic E-state index is 6.50. The summed E-state index contributed by atoms with van der Waals surface area (Å²) in [6.07, 6.45) is 3.72. The molecule has 10 aromatic carbocycles. The smallest absolute Gasteiger partial charge is 0.308 e. The van der Waals surface area contributed by atoms with Crippen molar-refractivity contribution in [2.24, 2.45) is 0 Å². The molecule has 0 saturated heterocycles. The topological polar surface area (TPSA) is 55.9 Å². The summed E-state index contributed by atoms with van der Waals surface area (Å²) < 4.78 is 14.8. The third-order valence-corrected chi connectivity index (χ3v) is 13.7. The van der Waals surface area contributed by atoms with Crippen molar-refractivity contribution in [1.82, 2.24) is 9.97 Å². The van der Waals surface area contributed by atoms with E-state index in [2.05, 4.69) is 206 Å². The van der Waals surface area contributed by atoms with Gasteiger partial charge < -0.3 is 8.83 Å². The third-order valence-electron chi connectivity index (χ3n) is 13.7. The average Bonchev–Trinajstić information content (AvgIpc) is 4.01. The molecule has 3 aromatic heterocycles. The van der Waals surface area contributed by atoms with Crippen LogP contribution in [0.4, 0.5) is 0 Å². The number of hydrogen-bond donors (Lipinski definition) is 0. The molecule has 324 valence electrons. The molecular weight excluding hydrogens is 843 g/mol. The Bertz CT molecular complexity index is 3880. The van der Waals surface area contributed by atoms with Crippen LogP contribution >= 0.6 is 0 Å². The molecule has 0 amide bonds. The van der Waals surface area contributed by atoms with Gasteiger partial charge >= 0.3 is 5.82 Å². The Morgan fingerprint density at radius 2 is 0.797 bits per heavy atom. The van der Waals surface area contributed by atoms with E-state index in [1.54, 1.807) is 0 Å². The van der Waals surface area contributed by atoms with Crippen molar-refractivity contribution in [2.45, 2.75) is 5.41 Å². The fraction of sp³-hybridized carbons (Fsp3) is 0.0156. The molecule has 0 bridgehead atoms. The largest absolute Gasteiger partial charge is 0.456 e. The van der Waals surface area contributed by atoms with Crippen molar-refractivity contribution >= 4 is 43.9 Å². The zero-order valence-corrected chi connectivity index (χ0v) is 37.4. The van der Waals surface area contributed by atoms with Gasteiger partial charge in [-0.1, -0.05) is 198 Å². The molecule has 0 saturated carbocycles. The molecule has 0 unspecified atom stereocenters. The quantitative estimate of drug-likeness (QED) is 0.107. The standard InChI is InChI=1S/C64H42N3O2/c1-5-17-43(18-6-1)46-37-47(53-26-15-29-59-61(53)54-25-13-14-28-57(54)68-59)39-52(38-46)67-41-65-63(66-42-67)55-27-16-30-60-62(55)56-40-45(33-36-58(56)69-60)44-31-34-51(35-32-44)64(48-19-7-2-8-20-48,49-21-9-3-10-22-49)50-23-11-4-12-24-50/h1-42H/q+1. The maximum Gasteiger partial charge on any atom is 0.308 e. The van der Waals surface area contributed by atoms with Crippen molar-refractivity contribution < 1.29 is 13.4 Å². The number of furan rings is 2.